The van der Waals surface area contributed by atoms with Crippen LogP contribution in [0.25, 0.3) is 0 Å². The number of nitrogens with one attached hydrogen (secondary N) is 1. The van der Waals surface area contributed by atoms with E-state index in [1.54, 1.807) is 6.20 Å². The molecule has 5 heteroatoms. The first kappa shape index (κ1) is 5.62. The van der Waals surface area contributed by atoms with Crippen molar-refractivity contribution in [3.05, 3.63) is 12.3 Å². The molecule has 44 valence electrons. The van der Waals surface area contributed by atoms with Gasteiger partial charge in [-0.25, -0.2) is 11.2 Å². The van der Waals surface area contributed by atoms with E-state index in [4.69, 9.17) is 11.5 Å². The summed E-state index contributed by atoms with van der Waals surface area (Å²) in [5.74, 6) is 5.28. The van der Waals surface area contributed by atoms with Gasteiger partial charge in [-0.05, 0) is 6.32 Å². The molecular weight excluding hydrogens is 103 g/mol. The molecule has 0 aromatic heterocycles. The lowest BCUT2D eigenvalue weighted by Crippen LogP contribution is -2.55. The van der Waals surface area contributed by atoms with Crippen LogP contribution in [-0.2, 0) is 0 Å². The molecule has 4 nitrogen and oxygen atoms in total. The average molecular weight is 112 g/mol. The molecule has 1 aliphatic rings. The average Bonchev–Trinajstić information content (AvgIpc) is 1.64. The predicted octanol–water partition coefficient (Wildman–Crippen LogP) is -1.36. The fourth-order valence-corrected chi connectivity index (χ4v) is 0.608. The quantitative estimate of drug-likeness (QED) is 0.267. The van der Waals surface area contributed by atoms with E-state index in [0.29, 0.717) is 0 Å². The number of nitrogens with zero attached hydrogens (tertiary/aromatic N) is 1. The minimum Gasteiger partial charge on any atom is -0.354 e. The molecule has 0 saturated carbocycles. The lowest BCUT2D eigenvalue weighted by atomic mass is 9.75. The summed E-state index contributed by atoms with van der Waals surface area (Å²) in [6.07, 6.45) is 4.50. The van der Waals surface area contributed by atoms with Crippen LogP contribution >= 0.6 is 0 Å². The first-order chi connectivity index (χ1) is 3.79. The first-order valence-electron chi connectivity index (χ1n) is 2.51. The summed E-state index contributed by atoms with van der Waals surface area (Å²) in [5.41, 5.74) is 5.44. The van der Waals surface area contributed by atoms with Crippen LogP contribution in [0.15, 0.2) is 12.3 Å². The highest BCUT2D eigenvalue weighted by Crippen LogP contribution is 1.91. The lowest BCUT2D eigenvalue weighted by Gasteiger charge is -2.21. The van der Waals surface area contributed by atoms with Gasteiger partial charge < -0.3 is 5.64 Å². The third kappa shape index (κ3) is 1.23. The topological polar surface area (TPSA) is 67.3 Å². The molecule has 0 bridgehead atoms. The number of allylic oxidation sites excluding steroid dienone is 1. The van der Waals surface area contributed by atoms with Gasteiger partial charge in [0, 0.05) is 6.20 Å². The smallest absolute Gasteiger partial charge is 0.327 e. The molecule has 0 atom stereocenters. The van der Waals surface area contributed by atoms with Crippen LogP contribution in [0, 0.1) is 0 Å². The Kier molecular flexibility index (Phi) is 1.52. The molecule has 0 aromatic carbocycles. The summed E-state index contributed by atoms with van der Waals surface area (Å²) in [6.45, 7) is -0.0231. The van der Waals surface area contributed by atoms with Crippen molar-refractivity contribution in [3.8, 4) is 0 Å². The zero-order valence-corrected chi connectivity index (χ0v) is 4.54. The van der Waals surface area contributed by atoms with Gasteiger partial charge in [-0.2, -0.15) is 0 Å². The van der Waals surface area contributed by atoms with E-state index in [9.17, 15) is 0 Å². The molecule has 8 heavy (non-hydrogen) atoms. The maximum absolute atomic E-state index is 5.44. The van der Waals surface area contributed by atoms with Crippen LogP contribution in [0.3, 0.4) is 0 Å². The van der Waals surface area contributed by atoms with Crippen molar-refractivity contribution in [2.75, 3.05) is 0 Å². The van der Waals surface area contributed by atoms with Gasteiger partial charge in [0.1, 0.15) is 0 Å². The van der Waals surface area contributed by atoms with Crippen LogP contribution in [-0.4, -0.2) is 12.1 Å². The largest absolute Gasteiger partial charge is 0.354 e. The van der Waals surface area contributed by atoms with Gasteiger partial charge in [-0.15, -0.1) is 0 Å². The van der Waals surface area contributed by atoms with Crippen LogP contribution in [0.1, 0.15) is 0 Å². The van der Waals surface area contributed by atoms with Gasteiger partial charge in [0.05, 0.1) is 0 Å². The molecule has 0 aliphatic carbocycles. The fourth-order valence-electron chi connectivity index (χ4n) is 0.608. The summed E-state index contributed by atoms with van der Waals surface area (Å²) in [4.78, 5) is 0. The van der Waals surface area contributed by atoms with Gasteiger partial charge in [0.15, 0.2) is 0 Å². The Balaban J connectivity index is 2.42. The predicted molar refractivity (Wildman–Crippen MR) is 33.1 cm³/mol. The van der Waals surface area contributed by atoms with E-state index < -0.39 is 0 Å². The Morgan fingerprint density at radius 1 is 1.75 bits per heavy atom. The van der Waals surface area contributed by atoms with E-state index in [1.807, 2.05) is 6.08 Å². The summed E-state index contributed by atoms with van der Waals surface area (Å²) in [5, 5.41) is 4.14. The lowest BCUT2D eigenvalue weighted by molar-refractivity contribution is 0.347. The maximum atomic E-state index is 5.44. The second-order valence-electron chi connectivity index (χ2n) is 1.76. The van der Waals surface area contributed by atoms with Gasteiger partial charge in [-0.1, -0.05) is 6.08 Å². The molecule has 5 N–H and O–H groups in total. The molecule has 1 heterocycles. The van der Waals surface area contributed by atoms with Crippen molar-refractivity contribution in [2.45, 2.75) is 6.32 Å². The summed E-state index contributed by atoms with van der Waals surface area (Å²) in [7, 11) is 0. The van der Waals surface area contributed by atoms with Crippen molar-refractivity contribution >= 4 is 6.98 Å². The van der Waals surface area contributed by atoms with Gasteiger partial charge in [-0.3, -0.25) is 5.12 Å². The van der Waals surface area contributed by atoms with Crippen LogP contribution in [0.5, 0.6) is 0 Å². The molecule has 0 spiro atoms. The van der Waals surface area contributed by atoms with Crippen molar-refractivity contribution in [2.24, 2.45) is 11.5 Å². The fraction of sp³-hybridized carbons (Fsp3) is 0.333. The van der Waals surface area contributed by atoms with E-state index in [1.165, 1.54) is 5.12 Å². The Labute approximate surface area is 48.6 Å². The monoisotopic (exact) mass is 112 g/mol. The van der Waals surface area contributed by atoms with Gasteiger partial charge in [0.2, 0.25) is 0 Å². The van der Waals surface area contributed by atoms with Crippen LogP contribution in [0.2, 0.25) is 6.32 Å². The highest BCUT2D eigenvalue weighted by Gasteiger charge is 2.10. The standard InChI is InChI=1S/C3H9BN4/c5-4-2-1-3-8(6)7-4/h1,3,7H,2,5-6H2. The maximum Gasteiger partial charge on any atom is 0.327 e. The molecule has 0 saturated heterocycles. The summed E-state index contributed by atoms with van der Waals surface area (Å²) < 4.78 is 0. The third-order valence-electron chi connectivity index (χ3n) is 0.971. The first-order valence-corrected chi connectivity index (χ1v) is 2.51. The Bertz CT molecular complexity index is 103. The summed E-state index contributed by atoms with van der Waals surface area (Å²) in [6, 6.07) is 0. The van der Waals surface area contributed by atoms with Crippen LogP contribution in [0.4, 0.5) is 0 Å². The van der Waals surface area contributed by atoms with Crippen molar-refractivity contribution in [3.63, 3.8) is 0 Å². The van der Waals surface area contributed by atoms with Gasteiger partial charge >= 0.3 is 6.98 Å². The number of rotatable bonds is 0. The van der Waals surface area contributed by atoms with Crippen molar-refractivity contribution in [1.29, 1.82) is 0 Å². The SMILES string of the molecule is NB1CC=CN(N)N1. The Morgan fingerprint density at radius 3 is 2.88 bits per heavy atom. The highest BCUT2D eigenvalue weighted by molar-refractivity contribution is 6.52. The zero-order valence-electron chi connectivity index (χ0n) is 4.54. The zero-order chi connectivity index (χ0) is 5.98. The molecule has 0 fully saturated rings. The van der Waals surface area contributed by atoms with Gasteiger partial charge in [0.25, 0.3) is 0 Å². The molecule has 0 amide bonds. The Morgan fingerprint density at radius 2 is 2.50 bits per heavy atom. The van der Waals surface area contributed by atoms with E-state index in [0.717, 1.165) is 6.32 Å². The number of hydrogen-bond acceptors (Lipinski definition) is 4. The molecule has 1 aliphatic heterocycles. The highest BCUT2D eigenvalue weighted by atomic mass is 15.6. The summed E-state index contributed by atoms with van der Waals surface area (Å²) >= 11 is 0. The van der Waals surface area contributed by atoms with E-state index >= 15 is 0 Å². The second-order valence-corrected chi connectivity index (χ2v) is 1.76. The molecular formula is C3H9BN4. The normalized spacial score (nSPS) is 19.8. The second kappa shape index (κ2) is 2.17. The number of nitrogens with two attached hydrogens (primary N) is 2. The molecule has 0 radical (unpaired) electrons. The van der Waals surface area contributed by atoms with Crippen molar-refractivity contribution in [1.82, 2.24) is 10.5 Å². The van der Waals surface area contributed by atoms with Crippen LogP contribution < -0.4 is 16.8 Å². The molecule has 0 unspecified atom stereocenters. The van der Waals surface area contributed by atoms with E-state index in [-0.39, 0.29) is 6.98 Å². The molecule has 0 aromatic rings. The minimum atomic E-state index is -0.0231. The van der Waals surface area contributed by atoms with Crippen molar-refractivity contribution < 1.29 is 0 Å². The number of hydrogen-bond donors (Lipinski definition) is 3. The number of hydrazine groups is 2. The third-order valence-corrected chi connectivity index (χ3v) is 0.971. The Hall–Kier alpha value is -0.515. The van der Waals surface area contributed by atoms with E-state index in [2.05, 4.69) is 5.34 Å². The minimum absolute atomic E-state index is 0.0231. The molecule has 1 rings (SSSR count).